The molecule has 0 aromatic heterocycles. The normalized spacial score (nSPS) is 18.2. The molecular formula is C19H17FIN3O2S. The van der Waals surface area contributed by atoms with Crippen LogP contribution < -0.4 is 5.32 Å². The Hall–Kier alpha value is -1.94. The maximum absolute atomic E-state index is 12.9. The molecule has 0 radical (unpaired) electrons. The van der Waals surface area contributed by atoms with Gasteiger partial charge < -0.3 is 5.32 Å². The van der Waals surface area contributed by atoms with E-state index in [0.29, 0.717) is 17.4 Å². The molecule has 1 aliphatic rings. The number of nitrogens with one attached hydrogen (secondary N) is 1. The fraction of sp³-hybridized carbons (Fsp3) is 0.211. The number of anilines is 1. The molecule has 1 aliphatic heterocycles. The molecule has 8 heteroatoms. The Bertz CT molecular complexity index is 872. The number of benzene rings is 2. The van der Waals surface area contributed by atoms with E-state index >= 15 is 0 Å². The first-order chi connectivity index (χ1) is 13.0. The highest BCUT2D eigenvalue weighted by Gasteiger charge is 2.38. The average Bonchev–Trinajstić information content (AvgIpc) is 2.93. The molecular weight excluding hydrogens is 480 g/mol. The predicted octanol–water partition coefficient (Wildman–Crippen LogP) is 4.41. The van der Waals surface area contributed by atoms with Crippen LogP contribution in [-0.4, -0.2) is 33.7 Å². The molecule has 1 saturated heterocycles. The van der Waals surface area contributed by atoms with Gasteiger partial charge in [-0.3, -0.25) is 14.5 Å². The molecule has 1 unspecified atom stereocenters. The van der Waals surface area contributed by atoms with Gasteiger partial charge in [0, 0.05) is 22.2 Å². The van der Waals surface area contributed by atoms with Gasteiger partial charge in [0.15, 0.2) is 5.17 Å². The summed E-state index contributed by atoms with van der Waals surface area (Å²) in [6, 6.07) is 13.2. The monoisotopic (exact) mass is 497 g/mol. The summed E-state index contributed by atoms with van der Waals surface area (Å²) < 4.78 is 14.1. The molecule has 3 rings (SSSR count). The van der Waals surface area contributed by atoms with E-state index in [2.05, 4.69) is 32.9 Å². The summed E-state index contributed by atoms with van der Waals surface area (Å²) in [6.07, 6.45) is 0.0308. The van der Waals surface area contributed by atoms with Gasteiger partial charge in [0.2, 0.25) is 11.8 Å². The van der Waals surface area contributed by atoms with Crippen LogP contribution in [0.1, 0.15) is 13.3 Å². The first-order valence-corrected chi connectivity index (χ1v) is 10.3. The second kappa shape index (κ2) is 8.83. The van der Waals surface area contributed by atoms with Gasteiger partial charge in [-0.15, -0.1) is 0 Å². The van der Waals surface area contributed by atoms with Crippen LogP contribution >= 0.6 is 34.4 Å². The summed E-state index contributed by atoms with van der Waals surface area (Å²) >= 11 is 3.51. The van der Waals surface area contributed by atoms with Crippen LogP contribution in [0.2, 0.25) is 0 Å². The number of hydrogen-bond donors (Lipinski definition) is 1. The average molecular weight is 497 g/mol. The van der Waals surface area contributed by atoms with E-state index in [1.165, 1.54) is 36.0 Å². The van der Waals surface area contributed by atoms with Crippen molar-refractivity contribution in [3.63, 3.8) is 0 Å². The lowest BCUT2D eigenvalue weighted by molar-refractivity contribution is -0.128. The van der Waals surface area contributed by atoms with Gasteiger partial charge >= 0.3 is 0 Å². The molecule has 2 aromatic rings. The standard InChI is InChI=1S/C19H17FIN3O2S/c1-2-24-18(26)16(11-17(25)22-14-7-3-12(20)4-8-14)27-19(24)23-15-9-5-13(21)6-10-15/h3-10,16H,2,11H2,1H3,(H,22,25). The van der Waals surface area contributed by atoms with Gasteiger partial charge in [0.25, 0.3) is 0 Å². The van der Waals surface area contributed by atoms with E-state index in [1.54, 1.807) is 4.90 Å². The molecule has 1 N–H and O–H groups in total. The second-order valence-corrected chi connectivity index (χ2v) is 8.23. The van der Waals surface area contributed by atoms with Crippen LogP contribution in [0.4, 0.5) is 15.8 Å². The number of carbonyl (C=O) groups excluding carboxylic acids is 2. The van der Waals surface area contributed by atoms with E-state index in [-0.39, 0.29) is 24.1 Å². The van der Waals surface area contributed by atoms with E-state index in [1.807, 2.05) is 31.2 Å². The molecule has 0 saturated carbocycles. The Morgan fingerprint density at radius 1 is 1.22 bits per heavy atom. The van der Waals surface area contributed by atoms with Gasteiger partial charge in [-0.05, 0) is 78.0 Å². The lowest BCUT2D eigenvalue weighted by Crippen LogP contribution is -2.33. The van der Waals surface area contributed by atoms with Crippen LogP contribution in [0, 0.1) is 9.39 Å². The maximum atomic E-state index is 12.9. The smallest absolute Gasteiger partial charge is 0.242 e. The van der Waals surface area contributed by atoms with Crippen molar-refractivity contribution < 1.29 is 14.0 Å². The van der Waals surface area contributed by atoms with Gasteiger partial charge in [0.05, 0.1) is 5.69 Å². The van der Waals surface area contributed by atoms with Crippen molar-refractivity contribution in [3.8, 4) is 0 Å². The van der Waals surface area contributed by atoms with Crippen molar-refractivity contribution in [3.05, 3.63) is 57.9 Å². The molecule has 5 nitrogen and oxygen atoms in total. The molecule has 2 aromatic carbocycles. The first kappa shape index (κ1) is 19.8. The zero-order chi connectivity index (χ0) is 19.4. The largest absolute Gasteiger partial charge is 0.326 e. The van der Waals surface area contributed by atoms with E-state index in [9.17, 15) is 14.0 Å². The quantitative estimate of drug-likeness (QED) is 0.623. The minimum absolute atomic E-state index is 0.0308. The molecule has 140 valence electrons. The third-order valence-electron chi connectivity index (χ3n) is 3.89. The number of halogens is 2. The van der Waals surface area contributed by atoms with Crippen LogP contribution in [-0.2, 0) is 9.59 Å². The highest BCUT2D eigenvalue weighted by atomic mass is 127. The summed E-state index contributed by atoms with van der Waals surface area (Å²) in [5, 5.41) is 2.77. The third-order valence-corrected chi connectivity index (χ3v) is 5.78. The number of aliphatic imine (C=N–C) groups is 1. The molecule has 0 spiro atoms. The topological polar surface area (TPSA) is 61.8 Å². The Morgan fingerprint density at radius 3 is 2.52 bits per heavy atom. The van der Waals surface area contributed by atoms with Gasteiger partial charge in [-0.2, -0.15) is 0 Å². The predicted molar refractivity (Wildman–Crippen MR) is 115 cm³/mol. The van der Waals surface area contributed by atoms with E-state index < -0.39 is 5.25 Å². The Morgan fingerprint density at radius 2 is 1.89 bits per heavy atom. The highest BCUT2D eigenvalue weighted by molar-refractivity contribution is 14.1. The molecule has 2 amide bonds. The fourth-order valence-electron chi connectivity index (χ4n) is 2.56. The Kier molecular flexibility index (Phi) is 6.48. The number of thioether (sulfide) groups is 1. The van der Waals surface area contributed by atoms with Gasteiger partial charge in [0.1, 0.15) is 11.1 Å². The zero-order valence-electron chi connectivity index (χ0n) is 14.5. The minimum Gasteiger partial charge on any atom is -0.326 e. The third kappa shape index (κ3) is 5.07. The number of amides is 2. The van der Waals surface area contributed by atoms with Crippen LogP contribution in [0.25, 0.3) is 0 Å². The Labute approximate surface area is 174 Å². The van der Waals surface area contributed by atoms with Crippen molar-refractivity contribution >= 4 is 62.7 Å². The maximum Gasteiger partial charge on any atom is 0.242 e. The fourth-order valence-corrected chi connectivity index (χ4v) is 4.14. The number of hydrogen-bond acceptors (Lipinski definition) is 4. The summed E-state index contributed by atoms with van der Waals surface area (Å²) in [5.74, 6) is -0.787. The van der Waals surface area contributed by atoms with Crippen LogP contribution in [0.15, 0.2) is 53.5 Å². The van der Waals surface area contributed by atoms with E-state index in [0.717, 1.165) is 9.26 Å². The lowest BCUT2D eigenvalue weighted by atomic mass is 10.2. The number of nitrogens with zero attached hydrogens (tertiary/aromatic N) is 2. The minimum atomic E-state index is -0.520. The van der Waals surface area contributed by atoms with Crippen LogP contribution in [0.3, 0.4) is 0 Å². The highest BCUT2D eigenvalue weighted by Crippen LogP contribution is 2.31. The first-order valence-electron chi connectivity index (χ1n) is 8.34. The molecule has 1 fully saturated rings. The number of rotatable bonds is 5. The zero-order valence-corrected chi connectivity index (χ0v) is 17.5. The van der Waals surface area contributed by atoms with Crippen molar-refractivity contribution in [1.82, 2.24) is 4.90 Å². The van der Waals surface area contributed by atoms with Crippen molar-refractivity contribution in [2.24, 2.45) is 4.99 Å². The summed E-state index contributed by atoms with van der Waals surface area (Å²) in [4.78, 5) is 31.0. The number of amidine groups is 1. The molecule has 27 heavy (non-hydrogen) atoms. The molecule has 0 bridgehead atoms. The SMILES string of the molecule is CCN1C(=O)C(CC(=O)Nc2ccc(F)cc2)SC1=Nc1ccc(I)cc1. The summed E-state index contributed by atoms with van der Waals surface area (Å²) in [6.45, 7) is 2.37. The summed E-state index contributed by atoms with van der Waals surface area (Å²) in [5.41, 5.74) is 1.26. The number of carbonyl (C=O) groups is 2. The van der Waals surface area contributed by atoms with Gasteiger partial charge in [-0.1, -0.05) is 11.8 Å². The van der Waals surface area contributed by atoms with Gasteiger partial charge in [-0.25, -0.2) is 9.38 Å². The van der Waals surface area contributed by atoms with Crippen molar-refractivity contribution in [2.75, 3.05) is 11.9 Å². The molecule has 1 heterocycles. The van der Waals surface area contributed by atoms with Crippen molar-refractivity contribution in [2.45, 2.75) is 18.6 Å². The molecule has 1 atom stereocenters. The lowest BCUT2D eigenvalue weighted by Gasteiger charge is -2.13. The second-order valence-electron chi connectivity index (χ2n) is 5.82. The molecule has 0 aliphatic carbocycles. The van der Waals surface area contributed by atoms with Crippen LogP contribution in [0.5, 0.6) is 0 Å². The summed E-state index contributed by atoms with van der Waals surface area (Å²) in [7, 11) is 0. The van der Waals surface area contributed by atoms with Crippen molar-refractivity contribution in [1.29, 1.82) is 0 Å². The van der Waals surface area contributed by atoms with E-state index in [4.69, 9.17) is 0 Å². The Balaban J connectivity index is 1.69.